The molecule has 0 spiro atoms. The molecule has 6 nitrogen and oxygen atoms in total. The fourth-order valence-electron chi connectivity index (χ4n) is 4.00. The van der Waals surface area contributed by atoms with Crippen LogP contribution in [-0.4, -0.2) is 25.2 Å². The van der Waals surface area contributed by atoms with Crippen LogP contribution in [0.15, 0.2) is 59.7 Å². The number of phenolic OH excluding ortho intramolecular Hbond substituents is 1. The van der Waals surface area contributed by atoms with Crippen LogP contribution in [0.4, 0.5) is 0 Å². The minimum atomic E-state index is -0.199. The summed E-state index contributed by atoms with van der Waals surface area (Å²) < 4.78 is 7.61. The van der Waals surface area contributed by atoms with Gasteiger partial charge in [0.1, 0.15) is 11.4 Å². The van der Waals surface area contributed by atoms with E-state index in [-0.39, 0.29) is 16.9 Å². The van der Waals surface area contributed by atoms with Gasteiger partial charge in [-0.25, -0.2) is 4.98 Å². The Morgan fingerprint density at radius 2 is 1.79 bits per heavy atom. The van der Waals surface area contributed by atoms with Crippen LogP contribution in [0.5, 0.6) is 11.5 Å². The lowest BCUT2D eigenvalue weighted by molar-refractivity contribution is 0.192. The number of aromatic nitrogens is 3. The van der Waals surface area contributed by atoms with Crippen molar-refractivity contribution in [3.63, 3.8) is 0 Å². The smallest absolute Gasteiger partial charge is 0.266 e. The van der Waals surface area contributed by atoms with Gasteiger partial charge in [0.25, 0.3) is 5.56 Å². The molecule has 6 heteroatoms. The zero-order valence-electron chi connectivity index (χ0n) is 18.9. The average molecular weight is 440 g/mol. The molecule has 2 aromatic carbocycles. The average Bonchev–Trinajstić information content (AvgIpc) is 3.52. The van der Waals surface area contributed by atoms with E-state index in [0.717, 1.165) is 29.7 Å². The van der Waals surface area contributed by atoms with Crippen LogP contribution in [0, 0.1) is 13.8 Å². The summed E-state index contributed by atoms with van der Waals surface area (Å²) in [5, 5.41) is 11.3. The molecule has 4 aromatic rings. The zero-order chi connectivity index (χ0) is 23.2. The van der Waals surface area contributed by atoms with Gasteiger partial charge < -0.3 is 9.84 Å². The first-order chi connectivity index (χ1) is 15.9. The number of hydrogen-bond donors (Lipinski definition) is 1. The van der Waals surface area contributed by atoms with Gasteiger partial charge in [-0.3, -0.25) is 14.3 Å². The van der Waals surface area contributed by atoms with Gasteiger partial charge in [0.05, 0.1) is 22.8 Å². The molecule has 0 bridgehead atoms. The molecule has 1 saturated carbocycles. The second kappa shape index (κ2) is 7.89. The Labute approximate surface area is 191 Å². The van der Waals surface area contributed by atoms with E-state index >= 15 is 0 Å². The van der Waals surface area contributed by atoms with Gasteiger partial charge in [-0.15, -0.1) is 0 Å². The highest BCUT2D eigenvalue weighted by Gasteiger charge is 2.40. The Kier molecular flexibility index (Phi) is 5.01. The molecule has 2 heterocycles. The van der Waals surface area contributed by atoms with Gasteiger partial charge >= 0.3 is 0 Å². The third kappa shape index (κ3) is 3.89. The van der Waals surface area contributed by atoms with Crippen molar-refractivity contribution in [1.29, 1.82) is 0 Å². The van der Waals surface area contributed by atoms with E-state index in [1.165, 1.54) is 0 Å². The van der Waals surface area contributed by atoms with E-state index in [1.807, 2.05) is 45.0 Å². The minimum Gasteiger partial charge on any atom is -0.504 e. The summed E-state index contributed by atoms with van der Waals surface area (Å²) >= 11 is 0. The molecule has 0 aliphatic heterocycles. The van der Waals surface area contributed by atoms with Gasteiger partial charge in [-0.05, 0) is 69.0 Å². The quantitative estimate of drug-likeness (QED) is 0.462. The highest BCUT2D eigenvalue weighted by molar-refractivity contribution is 5.80. The van der Waals surface area contributed by atoms with Crippen LogP contribution >= 0.6 is 0 Å². The summed E-state index contributed by atoms with van der Waals surface area (Å²) in [5.74, 6) is 0.989. The van der Waals surface area contributed by atoms with E-state index in [0.29, 0.717) is 28.0 Å². The normalized spacial score (nSPS) is 14.6. The largest absolute Gasteiger partial charge is 0.504 e. The number of hydrogen-bond acceptors (Lipinski definition) is 5. The number of aryl methyl sites for hydroxylation is 2. The van der Waals surface area contributed by atoms with Crippen LogP contribution in [-0.2, 0) is 0 Å². The maximum atomic E-state index is 13.5. The Hall–Kier alpha value is -3.93. The first-order valence-corrected chi connectivity index (χ1v) is 11.0. The summed E-state index contributed by atoms with van der Waals surface area (Å²) in [5.41, 5.74) is 3.49. The van der Waals surface area contributed by atoms with E-state index in [1.54, 1.807) is 47.3 Å². The second-order valence-electron chi connectivity index (χ2n) is 8.82. The van der Waals surface area contributed by atoms with Crippen LogP contribution in [0.2, 0.25) is 0 Å². The molecular formula is C27H25N3O3. The van der Waals surface area contributed by atoms with E-state index in [2.05, 4.69) is 4.98 Å². The molecular weight excluding hydrogens is 414 g/mol. The van der Waals surface area contributed by atoms with Crippen molar-refractivity contribution >= 4 is 23.1 Å². The molecule has 2 aromatic heterocycles. The Balaban J connectivity index is 1.67. The predicted octanol–water partition coefficient (Wildman–Crippen LogP) is 5.20. The lowest BCUT2D eigenvalue weighted by Crippen LogP contribution is -2.24. The Bertz CT molecular complexity index is 1450. The lowest BCUT2D eigenvalue weighted by atomic mass is 10.1. The first-order valence-electron chi connectivity index (χ1n) is 11.0. The molecule has 5 rings (SSSR count). The van der Waals surface area contributed by atoms with Crippen molar-refractivity contribution in [2.24, 2.45) is 0 Å². The molecule has 0 amide bonds. The third-order valence-electron chi connectivity index (χ3n) is 6.11. The third-order valence-corrected chi connectivity index (χ3v) is 6.11. The number of pyridine rings is 1. The number of phenols is 1. The molecule has 1 aliphatic carbocycles. The topological polar surface area (TPSA) is 77.2 Å². The van der Waals surface area contributed by atoms with Gasteiger partial charge in [-0.2, -0.15) is 0 Å². The summed E-state index contributed by atoms with van der Waals surface area (Å²) in [6.07, 6.45) is 8.64. The molecule has 166 valence electrons. The van der Waals surface area contributed by atoms with Crippen molar-refractivity contribution < 1.29 is 9.84 Å². The Morgan fingerprint density at radius 1 is 1.06 bits per heavy atom. The summed E-state index contributed by atoms with van der Waals surface area (Å²) in [6, 6.07) is 13.0. The van der Waals surface area contributed by atoms with Gasteiger partial charge in [-0.1, -0.05) is 30.3 Å². The molecule has 0 radical (unpaired) electrons. The van der Waals surface area contributed by atoms with Crippen LogP contribution in [0.3, 0.4) is 0 Å². The number of benzene rings is 2. The zero-order valence-corrected chi connectivity index (χ0v) is 18.9. The molecule has 0 unspecified atom stereocenters. The maximum absolute atomic E-state index is 13.5. The summed E-state index contributed by atoms with van der Waals surface area (Å²) in [7, 11) is 0. The molecule has 33 heavy (non-hydrogen) atoms. The molecule has 1 fully saturated rings. The lowest BCUT2D eigenvalue weighted by Gasteiger charge is -2.16. The minimum absolute atomic E-state index is 0.0744. The van der Waals surface area contributed by atoms with Gasteiger partial charge in [0, 0.05) is 11.8 Å². The molecule has 1 aliphatic rings. The number of para-hydroxylation sites is 2. The van der Waals surface area contributed by atoms with Crippen molar-refractivity contribution in [2.45, 2.75) is 39.2 Å². The number of fused-ring (bicyclic) bond motifs is 1. The number of rotatable bonds is 5. The van der Waals surface area contributed by atoms with E-state index in [4.69, 9.17) is 9.72 Å². The van der Waals surface area contributed by atoms with Crippen molar-refractivity contribution in [1.82, 2.24) is 14.5 Å². The molecule has 1 N–H and O–H groups in total. The number of ether oxygens (including phenoxy) is 1. The van der Waals surface area contributed by atoms with Gasteiger partial charge in [0.2, 0.25) is 0 Å². The van der Waals surface area contributed by atoms with Crippen molar-refractivity contribution in [3.8, 4) is 17.2 Å². The number of nitrogens with zero attached hydrogens (tertiary/aromatic N) is 3. The van der Waals surface area contributed by atoms with Crippen LogP contribution in [0.1, 0.15) is 42.3 Å². The second-order valence-corrected chi connectivity index (χ2v) is 8.82. The van der Waals surface area contributed by atoms with Crippen LogP contribution < -0.4 is 10.3 Å². The highest BCUT2D eigenvalue weighted by Crippen LogP contribution is 2.43. The standard InChI is InChI=1S/C27H25N3O3/c1-17-6-4-7-18(2)24(17)30-23(29-21-16-28-15-12-20(21)26(30)32)11-10-19-8-5-9-22(25(19)31)33-27(3)13-14-27/h4-12,15-16,31H,13-14H2,1-3H3/b11-10+. The van der Waals surface area contributed by atoms with E-state index in [9.17, 15) is 9.90 Å². The molecule has 0 saturated heterocycles. The monoisotopic (exact) mass is 439 g/mol. The summed E-state index contributed by atoms with van der Waals surface area (Å²) in [6.45, 7) is 5.99. The molecule has 0 atom stereocenters. The van der Waals surface area contributed by atoms with E-state index < -0.39 is 0 Å². The Morgan fingerprint density at radius 3 is 2.52 bits per heavy atom. The number of aromatic hydroxyl groups is 1. The van der Waals surface area contributed by atoms with Crippen molar-refractivity contribution in [2.75, 3.05) is 0 Å². The SMILES string of the molecule is Cc1cccc(C)c1-n1c(/C=C/c2cccc(OC3(C)CC3)c2O)nc2cnccc2c1=O. The van der Waals surface area contributed by atoms with Crippen molar-refractivity contribution in [3.05, 3.63) is 87.7 Å². The van der Waals surface area contributed by atoms with Gasteiger partial charge in [0.15, 0.2) is 11.5 Å². The van der Waals surface area contributed by atoms with Crippen LogP contribution in [0.25, 0.3) is 28.7 Å². The summed E-state index contributed by atoms with van der Waals surface area (Å²) in [4.78, 5) is 22.4. The fourth-order valence-corrected chi connectivity index (χ4v) is 4.00. The first kappa shape index (κ1) is 20.9. The fraction of sp³-hybridized carbons (Fsp3) is 0.222. The highest BCUT2D eigenvalue weighted by atomic mass is 16.5. The maximum Gasteiger partial charge on any atom is 0.266 e. The predicted molar refractivity (Wildman–Crippen MR) is 130 cm³/mol.